The number of benzene rings is 1. The maximum absolute atomic E-state index is 5.68. The molecule has 0 bridgehead atoms. The standard InChI is InChI=1S/C10H15N3.2ClH/c11-13-8-6-12(7-9-13)10-4-2-1-3-5-10;;/h1-5H,6-9,11H2;2*1H. The van der Waals surface area contributed by atoms with Crippen LogP contribution in [0.3, 0.4) is 0 Å². The molecule has 1 saturated heterocycles. The third-order valence-electron chi connectivity index (χ3n) is 2.44. The summed E-state index contributed by atoms with van der Waals surface area (Å²) in [4.78, 5) is 2.36. The van der Waals surface area contributed by atoms with Crippen LogP contribution in [0.15, 0.2) is 30.3 Å². The van der Waals surface area contributed by atoms with Gasteiger partial charge in [-0.1, -0.05) is 18.2 Å². The normalized spacial score (nSPS) is 16.5. The summed E-state index contributed by atoms with van der Waals surface area (Å²) >= 11 is 0. The smallest absolute Gasteiger partial charge is 0.0367 e. The van der Waals surface area contributed by atoms with Crippen molar-refractivity contribution in [3.63, 3.8) is 0 Å². The third-order valence-corrected chi connectivity index (χ3v) is 2.44. The number of nitrogens with zero attached hydrogens (tertiary/aromatic N) is 2. The van der Waals surface area contributed by atoms with E-state index in [1.54, 1.807) is 0 Å². The molecule has 0 spiro atoms. The summed E-state index contributed by atoms with van der Waals surface area (Å²) in [7, 11) is 0. The summed E-state index contributed by atoms with van der Waals surface area (Å²) in [5, 5.41) is 1.87. The number of rotatable bonds is 1. The lowest BCUT2D eigenvalue weighted by Crippen LogP contribution is -2.49. The molecule has 0 radical (unpaired) electrons. The van der Waals surface area contributed by atoms with Crippen LogP contribution in [0, 0.1) is 0 Å². The van der Waals surface area contributed by atoms with Gasteiger partial charge in [-0.15, -0.1) is 24.8 Å². The molecule has 0 amide bonds. The Kier molecular flexibility index (Phi) is 6.68. The van der Waals surface area contributed by atoms with Crippen molar-refractivity contribution in [1.82, 2.24) is 5.01 Å². The molecule has 1 aliphatic heterocycles. The Morgan fingerprint density at radius 1 is 0.867 bits per heavy atom. The largest absolute Gasteiger partial charge is 0.369 e. The first-order valence-electron chi connectivity index (χ1n) is 4.66. The second-order valence-corrected chi connectivity index (χ2v) is 3.36. The molecule has 0 aromatic heterocycles. The molecule has 15 heavy (non-hydrogen) atoms. The summed E-state index contributed by atoms with van der Waals surface area (Å²) in [6.45, 7) is 3.96. The van der Waals surface area contributed by atoms with Crippen LogP contribution in [0.2, 0.25) is 0 Å². The fourth-order valence-electron chi connectivity index (χ4n) is 1.62. The molecule has 2 N–H and O–H groups in total. The molecular weight excluding hydrogens is 233 g/mol. The van der Waals surface area contributed by atoms with Crippen molar-refractivity contribution in [3.8, 4) is 0 Å². The first-order chi connectivity index (χ1) is 6.36. The van der Waals surface area contributed by atoms with Gasteiger partial charge in [0.05, 0.1) is 0 Å². The predicted octanol–water partition coefficient (Wildman–Crippen LogP) is 1.53. The van der Waals surface area contributed by atoms with Crippen molar-refractivity contribution in [1.29, 1.82) is 0 Å². The zero-order valence-electron chi connectivity index (χ0n) is 8.50. The van der Waals surface area contributed by atoms with Gasteiger partial charge < -0.3 is 4.90 Å². The molecular formula is C10H17Cl2N3. The van der Waals surface area contributed by atoms with Crippen molar-refractivity contribution in [2.45, 2.75) is 0 Å². The van der Waals surface area contributed by atoms with E-state index in [2.05, 4.69) is 29.2 Å². The van der Waals surface area contributed by atoms with Gasteiger partial charge in [-0.2, -0.15) is 0 Å². The van der Waals surface area contributed by atoms with E-state index in [4.69, 9.17) is 5.84 Å². The molecule has 86 valence electrons. The molecule has 5 heteroatoms. The van der Waals surface area contributed by atoms with E-state index in [0.29, 0.717) is 0 Å². The fourth-order valence-corrected chi connectivity index (χ4v) is 1.62. The number of hydrogen-bond donors (Lipinski definition) is 1. The average molecular weight is 250 g/mol. The number of nitrogens with two attached hydrogens (primary N) is 1. The number of piperazine rings is 1. The maximum Gasteiger partial charge on any atom is 0.0367 e. The molecule has 1 heterocycles. The minimum absolute atomic E-state index is 0. The lowest BCUT2D eigenvalue weighted by Gasteiger charge is -2.33. The molecule has 2 rings (SSSR count). The van der Waals surface area contributed by atoms with Crippen molar-refractivity contribution in [3.05, 3.63) is 30.3 Å². The summed E-state index contributed by atoms with van der Waals surface area (Å²) < 4.78 is 0. The van der Waals surface area contributed by atoms with Crippen molar-refractivity contribution >= 4 is 30.5 Å². The molecule has 1 aliphatic rings. The van der Waals surface area contributed by atoms with E-state index in [9.17, 15) is 0 Å². The van der Waals surface area contributed by atoms with E-state index in [-0.39, 0.29) is 24.8 Å². The molecule has 3 nitrogen and oxygen atoms in total. The van der Waals surface area contributed by atoms with Crippen LogP contribution in [0.4, 0.5) is 5.69 Å². The minimum atomic E-state index is 0. The second-order valence-electron chi connectivity index (χ2n) is 3.36. The highest BCUT2D eigenvalue weighted by molar-refractivity contribution is 5.85. The number of hydrogen-bond acceptors (Lipinski definition) is 3. The summed E-state index contributed by atoms with van der Waals surface area (Å²) in [5.41, 5.74) is 1.30. The Morgan fingerprint density at radius 2 is 1.40 bits per heavy atom. The van der Waals surface area contributed by atoms with Gasteiger partial charge in [-0.05, 0) is 12.1 Å². The third kappa shape index (κ3) is 3.87. The predicted molar refractivity (Wildman–Crippen MR) is 68.9 cm³/mol. The molecule has 0 atom stereocenters. The van der Waals surface area contributed by atoms with Crippen LogP contribution in [-0.2, 0) is 0 Å². The maximum atomic E-state index is 5.68. The Labute approximate surface area is 103 Å². The van der Waals surface area contributed by atoms with Gasteiger partial charge in [0.15, 0.2) is 0 Å². The molecule has 0 unspecified atom stereocenters. The van der Waals surface area contributed by atoms with Crippen molar-refractivity contribution in [2.24, 2.45) is 5.84 Å². The van der Waals surface area contributed by atoms with Crippen LogP contribution >= 0.6 is 24.8 Å². The van der Waals surface area contributed by atoms with Crippen LogP contribution in [0.1, 0.15) is 0 Å². The quantitative estimate of drug-likeness (QED) is 0.767. The average Bonchev–Trinajstić information content (AvgIpc) is 2.20. The van der Waals surface area contributed by atoms with Gasteiger partial charge in [-0.25, -0.2) is 5.01 Å². The summed E-state index contributed by atoms with van der Waals surface area (Å²) in [6, 6.07) is 10.5. The Balaban J connectivity index is 0.000000980. The van der Waals surface area contributed by atoms with Gasteiger partial charge in [0.2, 0.25) is 0 Å². The van der Waals surface area contributed by atoms with Crippen molar-refractivity contribution < 1.29 is 0 Å². The highest BCUT2D eigenvalue weighted by Crippen LogP contribution is 2.14. The summed E-state index contributed by atoms with van der Waals surface area (Å²) in [6.07, 6.45) is 0. The summed E-state index contributed by atoms with van der Waals surface area (Å²) in [5.74, 6) is 5.68. The van der Waals surface area contributed by atoms with Crippen molar-refractivity contribution in [2.75, 3.05) is 31.1 Å². The molecule has 1 aromatic rings. The van der Waals surface area contributed by atoms with Gasteiger partial charge >= 0.3 is 0 Å². The number of para-hydroxylation sites is 1. The number of halogens is 2. The first-order valence-corrected chi connectivity index (χ1v) is 4.66. The second kappa shape index (κ2) is 6.90. The molecule has 0 aliphatic carbocycles. The highest BCUT2D eigenvalue weighted by atomic mass is 35.5. The van der Waals surface area contributed by atoms with E-state index in [1.165, 1.54) is 5.69 Å². The Morgan fingerprint density at radius 3 is 1.93 bits per heavy atom. The van der Waals surface area contributed by atoms with Gasteiger partial charge in [0.25, 0.3) is 0 Å². The Hall–Kier alpha value is -0.480. The zero-order valence-corrected chi connectivity index (χ0v) is 10.1. The molecule has 1 fully saturated rings. The van der Waals surface area contributed by atoms with Gasteiger partial charge in [0.1, 0.15) is 0 Å². The van der Waals surface area contributed by atoms with Crippen LogP contribution < -0.4 is 10.7 Å². The van der Waals surface area contributed by atoms with E-state index in [1.807, 2.05) is 11.1 Å². The van der Waals surface area contributed by atoms with Crippen LogP contribution in [-0.4, -0.2) is 31.2 Å². The SMILES string of the molecule is Cl.Cl.NN1CCN(c2ccccc2)CC1. The topological polar surface area (TPSA) is 32.5 Å². The zero-order chi connectivity index (χ0) is 9.10. The van der Waals surface area contributed by atoms with Gasteiger partial charge in [-0.3, -0.25) is 5.84 Å². The Bertz CT molecular complexity index is 261. The van der Waals surface area contributed by atoms with E-state index >= 15 is 0 Å². The monoisotopic (exact) mass is 249 g/mol. The van der Waals surface area contributed by atoms with Gasteiger partial charge in [0, 0.05) is 31.9 Å². The van der Waals surface area contributed by atoms with Crippen LogP contribution in [0.25, 0.3) is 0 Å². The fraction of sp³-hybridized carbons (Fsp3) is 0.400. The molecule has 0 saturated carbocycles. The van der Waals surface area contributed by atoms with Crippen LogP contribution in [0.5, 0.6) is 0 Å². The molecule has 1 aromatic carbocycles. The highest BCUT2D eigenvalue weighted by Gasteiger charge is 2.13. The lowest BCUT2D eigenvalue weighted by atomic mass is 10.2. The van der Waals surface area contributed by atoms with E-state index in [0.717, 1.165) is 26.2 Å². The number of anilines is 1. The minimum Gasteiger partial charge on any atom is -0.369 e. The first kappa shape index (κ1) is 14.5. The lowest BCUT2D eigenvalue weighted by molar-refractivity contribution is 0.266. The number of hydrazine groups is 1. The van der Waals surface area contributed by atoms with E-state index < -0.39 is 0 Å².